The molecule has 7 nitrogen and oxygen atoms in total. The van der Waals surface area contributed by atoms with Crippen LogP contribution in [0.3, 0.4) is 0 Å². The predicted molar refractivity (Wildman–Crippen MR) is 130 cm³/mol. The van der Waals surface area contributed by atoms with Gasteiger partial charge in [0.2, 0.25) is 17.7 Å². The summed E-state index contributed by atoms with van der Waals surface area (Å²) in [7, 11) is 0. The number of rotatable bonds is 8. The number of carbonyl (C=O) groups excluding carboxylic acids is 3. The molecule has 3 aliphatic rings. The largest absolute Gasteiger partial charge is 0.394 e. The van der Waals surface area contributed by atoms with Crippen molar-refractivity contribution in [3.63, 3.8) is 0 Å². The Kier molecular flexibility index (Phi) is 6.99. The van der Waals surface area contributed by atoms with Crippen molar-refractivity contribution in [2.45, 2.75) is 62.1 Å². The van der Waals surface area contributed by atoms with Gasteiger partial charge in [-0.3, -0.25) is 14.4 Å². The van der Waals surface area contributed by atoms with Crippen molar-refractivity contribution in [3.05, 3.63) is 29.3 Å². The molecule has 0 aromatic heterocycles. The van der Waals surface area contributed by atoms with Gasteiger partial charge in [0.05, 0.1) is 39.9 Å². The van der Waals surface area contributed by atoms with Crippen LogP contribution in [0.15, 0.2) is 24.3 Å². The molecule has 1 aromatic carbocycles. The van der Waals surface area contributed by atoms with Gasteiger partial charge in [0.25, 0.3) is 0 Å². The van der Waals surface area contributed by atoms with Gasteiger partial charge in [-0.1, -0.05) is 44.5 Å². The summed E-state index contributed by atoms with van der Waals surface area (Å²) in [5.41, 5.74) is 0.483. The third-order valence-electron chi connectivity index (χ3n) is 7.28. The van der Waals surface area contributed by atoms with Gasteiger partial charge in [-0.2, -0.15) is 0 Å². The Labute approximate surface area is 204 Å². The first-order chi connectivity index (χ1) is 15.8. The fourth-order valence-electron chi connectivity index (χ4n) is 5.80. The number of aliphatic hydroxyl groups is 1. The Hall–Kier alpha value is -1.77. The molecule has 9 heteroatoms. The molecule has 3 fully saturated rings. The van der Waals surface area contributed by atoms with E-state index in [1.165, 1.54) is 0 Å². The molecule has 0 saturated carbocycles. The van der Waals surface area contributed by atoms with Crippen molar-refractivity contribution in [3.8, 4) is 0 Å². The summed E-state index contributed by atoms with van der Waals surface area (Å²) in [5, 5.41) is 16.5. The highest BCUT2D eigenvalue weighted by Crippen LogP contribution is 2.66. The number of para-hydroxylation sites is 1. The minimum Gasteiger partial charge on any atom is -0.394 e. The molecule has 3 heterocycles. The SMILES string of the molecule is CCCNC(=O)[C@@H]1[C@H]2C(=O)N([C@@H](CO)C(C)C)C(C(=O)Nc3ccccc3Cl)C23CC[C@H]1S3. The van der Waals surface area contributed by atoms with Crippen LogP contribution in [-0.2, 0) is 14.4 Å². The number of carbonyl (C=O) groups is 3. The topological polar surface area (TPSA) is 98.7 Å². The van der Waals surface area contributed by atoms with Gasteiger partial charge in [0.15, 0.2) is 0 Å². The van der Waals surface area contributed by atoms with Crippen LogP contribution in [0.25, 0.3) is 0 Å². The maximum absolute atomic E-state index is 13.9. The van der Waals surface area contributed by atoms with E-state index in [4.69, 9.17) is 11.6 Å². The molecular formula is C24H32ClN3O4S. The maximum atomic E-state index is 13.9. The van der Waals surface area contributed by atoms with Crippen LogP contribution in [0.5, 0.6) is 0 Å². The quantitative estimate of drug-likeness (QED) is 0.517. The Morgan fingerprint density at radius 1 is 1.30 bits per heavy atom. The number of amides is 3. The summed E-state index contributed by atoms with van der Waals surface area (Å²) >= 11 is 7.91. The standard InChI is InChI=1S/C24H32ClN3O4S/c1-4-11-26-21(30)18-17-9-10-24(33-17)19(18)23(32)28(16(12-29)13(2)3)20(24)22(31)27-15-8-6-5-7-14(15)25/h5-8,13,16-20,29H,4,9-12H2,1-3H3,(H,26,30)(H,27,31)/t16-,17+,18-,19-,20?,24?/m0/s1. The summed E-state index contributed by atoms with van der Waals surface area (Å²) in [4.78, 5) is 42.4. The van der Waals surface area contributed by atoms with Crippen LogP contribution in [-0.4, -0.2) is 63.0 Å². The number of anilines is 1. The molecular weight excluding hydrogens is 462 g/mol. The third kappa shape index (κ3) is 3.94. The number of hydrogen-bond acceptors (Lipinski definition) is 5. The van der Waals surface area contributed by atoms with E-state index in [2.05, 4.69) is 10.6 Å². The molecule has 3 N–H and O–H groups in total. The number of benzene rings is 1. The number of nitrogens with one attached hydrogen (secondary N) is 2. The Morgan fingerprint density at radius 2 is 2.03 bits per heavy atom. The number of hydrogen-bond donors (Lipinski definition) is 3. The lowest BCUT2D eigenvalue weighted by Gasteiger charge is -2.38. The molecule has 4 rings (SSSR count). The number of likely N-dealkylation sites (tertiary alicyclic amines) is 1. The molecule has 2 bridgehead atoms. The minimum atomic E-state index is -0.787. The maximum Gasteiger partial charge on any atom is 0.248 e. The second kappa shape index (κ2) is 9.47. The van der Waals surface area contributed by atoms with Crippen molar-refractivity contribution in [2.24, 2.45) is 17.8 Å². The highest BCUT2D eigenvalue weighted by Gasteiger charge is 2.74. The van der Waals surface area contributed by atoms with E-state index >= 15 is 0 Å². The Morgan fingerprint density at radius 3 is 2.67 bits per heavy atom. The van der Waals surface area contributed by atoms with E-state index in [9.17, 15) is 19.5 Å². The molecule has 1 spiro atoms. The van der Waals surface area contributed by atoms with Gasteiger partial charge < -0.3 is 20.6 Å². The van der Waals surface area contributed by atoms with Crippen LogP contribution in [0.1, 0.15) is 40.0 Å². The summed E-state index contributed by atoms with van der Waals surface area (Å²) in [6.07, 6.45) is 2.28. The monoisotopic (exact) mass is 493 g/mol. The average molecular weight is 494 g/mol. The smallest absolute Gasteiger partial charge is 0.248 e. The van der Waals surface area contributed by atoms with Crippen LogP contribution < -0.4 is 10.6 Å². The first-order valence-electron chi connectivity index (χ1n) is 11.7. The van der Waals surface area contributed by atoms with Gasteiger partial charge in [-0.25, -0.2) is 0 Å². The van der Waals surface area contributed by atoms with Gasteiger partial charge in [0.1, 0.15) is 6.04 Å². The summed E-state index contributed by atoms with van der Waals surface area (Å²) < 4.78 is -0.691. The van der Waals surface area contributed by atoms with Crippen LogP contribution in [0.2, 0.25) is 5.02 Å². The summed E-state index contributed by atoms with van der Waals surface area (Å²) in [6.45, 7) is 6.16. The highest BCUT2D eigenvalue weighted by molar-refractivity contribution is 8.02. The number of thioether (sulfide) groups is 1. The lowest BCUT2D eigenvalue weighted by Crippen LogP contribution is -2.56. The van der Waals surface area contributed by atoms with E-state index in [1.807, 2.05) is 20.8 Å². The predicted octanol–water partition coefficient (Wildman–Crippen LogP) is 2.91. The molecule has 3 aliphatic heterocycles. The van der Waals surface area contributed by atoms with Crippen molar-refractivity contribution in [1.82, 2.24) is 10.2 Å². The summed E-state index contributed by atoms with van der Waals surface area (Å²) in [5.74, 6) is -1.72. The zero-order valence-corrected chi connectivity index (χ0v) is 20.8. The molecule has 2 unspecified atom stereocenters. The molecule has 1 aromatic rings. The van der Waals surface area contributed by atoms with Crippen LogP contribution in [0, 0.1) is 17.8 Å². The third-order valence-corrected chi connectivity index (χ3v) is 9.57. The normalized spacial score (nSPS) is 31.1. The Balaban J connectivity index is 1.74. The lowest BCUT2D eigenvalue weighted by molar-refractivity contribution is -0.142. The molecule has 180 valence electrons. The first kappa shape index (κ1) is 24.4. The first-order valence-corrected chi connectivity index (χ1v) is 13.0. The van der Waals surface area contributed by atoms with Gasteiger partial charge in [0, 0.05) is 11.8 Å². The molecule has 6 atom stereocenters. The van der Waals surface area contributed by atoms with Gasteiger partial charge in [-0.15, -0.1) is 11.8 Å². The second-order valence-corrected chi connectivity index (χ2v) is 11.6. The van der Waals surface area contributed by atoms with E-state index in [-0.39, 0.29) is 35.5 Å². The highest BCUT2D eigenvalue weighted by atomic mass is 35.5. The molecule has 3 amide bonds. The van der Waals surface area contributed by atoms with Crippen molar-refractivity contribution in [1.29, 1.82) is 0 Å². The zero-order valence-electron chi connectivity index (χ0n) is 19.2. The Bertz CT molecular complexity index is 944. The van der Waals surface area contributed by atoms with E-state index in [1.54, 1.807) is 40.9 Å². The molecule has 0 aliphatic carbocycles. The van der Waals surface area contributed by atoms with Crippen molar-refractivity contribution >= 4 is 46.8 Å². The average Bonchev–Trinajstić information content (AvgIpc) is 3.42. The van der Waals surface area contributed by atoms with Gasteiger partial charge >= 0.3 is 0 Å². The van der Waals surface area contributed by atoms with Gasteiger partial charge in [-0.05, 0) is 37.3 Å². The summed E-state index contributed by atoms with van der Waals surface area (Å²) in [6, 6.07) is 5.69. The molecule has 0 radical (unpaired) electrons. The van der Waals surface area contributed by atoms with Crippen LogP contribution >= 0.6 is 23.4 Å². The van der Waals surface area contributed by atoms with Crippen molar-refractivity contribution in [2.75, 3.05) is 18.5 Å². The molecule has 3 saturated heterocycles. The number of halogens is 1. The van der Waals surface area contributed by atoms with E-state index in [0.717, 1.165) is 12.8 Å². The fraction of sp³-hybridized carbons (Fsp3) is 0.625. The lowest BCUT2D eigenvalue weighted by atomic mass is 9.70. The number of aliphatic hydroxyl groups excluding tert-OH is 1. The second-order valence-electron chi connectivity index (χ2n) is 9.56. The molecule has 33 heavy (non-hydrogen) atoms. The number of fused-ring (bicyclic) bond motifs is 1. The van der Waals surface area contributed by atoms with Crippen molar-refractivity contribution < 1.29 is 19.5 Å². The number of nitrogens with zero attached hydrogens (tertiary/aromatic N) is 1. The zero-order chi connectivity index (χ0) is 23.9. The fourth-order valence-corrected chi connectivity index (χ4v) is 8.19. The van der Waals surface area contributed by atoms with E-state index in [0.29, 0.717) is 23.7 Å². The minimum absolute atomic E-state index is 0.0141. The van der Waals surface area contributed by atoms with Crippen LogP contribution in [0.4, 0.5) is 5.69 Å². The van der Waals surface area contributed by atoms with E-state index < -0.39 is 28.7 Å².